The molecule has 0 aliphatic heterocycles. The Morgan fingerprint density at radius 3 is 0.905 bits per heavy atom. The SMILES string of the molecule is c1ccc(-c2ccc(N(c3ccc(-c4ccccc4)cc3)c3ccc(-c4ccc(N(c5ccccc5)c5ccc(-c6ccc7[se]c8ccccc8c7c6)cc5)cc4)cc3)cc2)cc1. The van der Waals surface area contributed by atoms with E-state index in [1.54, 1.807) is 0 Å². The van der Waals surface area contributed by atoms with Gasteiger partial charge in [-0.15, -0.1) is 0 Å². The third-order valence-electron chi connectivity index (χ3n) is 11.9. The van der Waals surface area contributed by atoms with E-state index in [9.17, 15) is 0 Å². The van der Waals surface area contributed by atoms with Crippen molar-refractivity contribution in [3.63, 3.8) is 0 Å². The molecule has 2 nitrogen and oxygen atoms in total. The minimum absolute atomic E-state index is 0.373. The Kier molecular flexibility index (Phi) is 10.3. The Labute approximate surface area is 375 Å². The minimum atomic E-state index is 0.373. The zero-order valence-corrected chi connectivity index (χ0v) is 36.3. The quantitative estimate of drug-likeness (QED) is 0.126. The number of benzene rings is 10. The van der Waals surface area contributed by atoms with Gasteiger partial charge in [0.15, 0.2) is 0 Å². The molecule has 0 spiro atoms. The first-order chi connectivity index (χ1) is 31.2. The van der Waals surface area contributed by atoms with Crippen molar-refractivity contribution in [3.8, 4) is 44.5 Å². The molecule has 1 aromatic heterocycles. The molecule has 0 amide bonds. The van der Waals surface area contributed by atoms with Gasteiger partial charge >= 0.3 is 182 Å². The molecule has 0 unspecified atom stereocenters. The average molecular weight is 870 g/mol. The number of nitrogens with zero attached hydrogens (tertiary/aromatic N) is 2. The van der Waals surface area contributed by atoms with E-state index in [0.29, 0.717) is 14.5 Å². The molecule has 63 heavy (non-hydrogen) atoms. The first-order valence-electron chi connectivity index (χ1n) is 21.4. The van der Waals surface area contributed by atoms with Crippen LogP contribution in [0.25, 0.3) is 63.8 Å². The Hall–Kier alpha value is -7.68. The van der Waals surface area contributed by atoms with Gasteiger partial charge in [0.1, 0.15) is 0 Å². The van der Waals surface area contributed by atoms with Gasteiger partial charge in [-0.2, -0.15) is 0 Å². The fourth-order valence-electron chi connectivity index (χ4n) is 8.65. The molecule has 0 fully saturated rings. The molecule has 0 radical (unpaired) electrons. The molecular weight excluding hydrogens is 828 g/mol. The monoisotopic (exact) mass is 870 g/mol. The van der Waals surface area contributed by atoms with Gasteiger partial charge in [-0.05, 0) is 69.8 Å². The first-order valence-corrected chi connectivity index (χ1v) is 23.1. The molecule has 0 bridgehead atoms. The van der Waals surface area contributed by atoms with Gasteiger partial charge in [0.05, 0.1) is 0 Å². The topological polar surface area (TPSA) is 6.48 Å². The first kappa shape index (κ1) is 38.3. The van der Waals surface area contributed by atoms with Crippen molar-refractivity contribution < 1.29 is 0 Å². The van der Waals surface area contributed by atoms with Crippen LogP contribution >= 0.6 is 0 Å². The van der Waals surface area contributed by atoms with Crippen LogP contribution in [0.2, 0.25) is 0 Å². The van der Waals surface area contributed by atoms with Crippen LogP contribution < -0.4 is 9.80 Å². The zero-order chi connectivity index (χ0) is 42.0. The number of para-hydroxylation sites is 1. The van der Waals surface area contributed by atoms with Crippen molar-refractivity contribution in [1.82, 2.24) is 0 Å². The summed E-state index contributed by atoms with van der Waals surface area (Å²) in [6.07, 6.45) is 0. The van der Waals surface area contributed by atoms with Crippen LogP contribution in [-0.2, 0) is 0 Å². The molecule has 11 rings (SSSR count). The number of hydrogen-bond acceptors (Lipinski definition) is 2. The maximum atomic E-state index is 2.38. The van der Waals surface area contributed by atoms with E-state index < -0.39 is 0 Å². The molecule has 298 valence electrons. The molecule has 11 aromatic rings. The van der Waals surface area contributed by atoms with Crippen LogP contribution in [-0.4, -0.2) is 14.5 Å². The standard InChI is InChI=1S/C60H42N2Se/c1-4-12-43(13-5-1)45-20-31-54(32-21-45)62(55-33-22-46(23-34-55)44-14-6-2-7-15-44)56-37-26-48(27-38-56)47-24-35-52(36-25-47)61(51-16-8-3-9-17-51)53-39-28-49(29-40-53)50-30-41-60-58(42-50)57-18-10-11-19-59(57)63-60/h1-42H. The van der Waals surface area contributed by atoms with Crippen molar-refractivity contribution in [3.05, 3.63) is 255 Å². The Balaban J connectivity index is 0.884. The van der Waals surface area contributed by atoms with E-state index >= 15 is 0 Å². The van der Waals surface area contributed by atoms with Gasteiger partial charge in [0, 0.05) is 17.1 Å². The van der Waals surface area contributed by atoms with Crippen LogP contribution in [0, 0.1) is 0 Å². The van der Waals surface area contributed by atoms with E-state index in [4.69, 9.17) is 0 Å². The summed E-state index contributed by atoms with van der Waals surface area (Å²) in [7, 11) is 0. The van der Waals surface area contributed by atoms with Crippen molar-refractivity contribution in [1.29, 1.82) is 0 Å². The van der Waals surface area contributed by atoms with Crippen molar-refractivity contribution in [2.75, 3.05) is 9.80 Å². The third-order valence-corrected chi connectivity index (χ3v) is 14.3. The Bertz CT molecular complexity index is 3190. The smallest absolute Gasteiger partial charge is 0.0617 e. The second-order valence-electron chi connectivity index (χ2n) is 15.8. The summed E-state index contributed by atoms with van der Waals surface area (Å²) >= 11 is 0.373. The summed E-state index contributed by atoms with van der Waals surface area (Å²) in [6, 6.07) is 92.2. The van der Waals surface area contributed by atoms with Crippen LogP contribution in [0.15, 0.2) is 255 Å². The second kappa shape index (κ2) is 17.0. The molecule has 0 saturated carbocycles. The van der Waals surface area contributed by atoms with Crippen LogP contribution in [0.1, 0.15) is 0 Å². The summed E-state index contributed by atoms with van der Waals surface area (Å²) in [5.41, 5.74) is 16.3. The third kappa shape index (κ3) is 7.77. The summed E-state index contributed by atoms with van der Waals surface area (Å²) in [5.74, 6) is 0. The van der Waals surface area contributed by atoms with E-state index in [0.717, 1.165) is 39.7 Å². The van der Waals surface area contributed by atoms with Gasteiger partial charge < -0.3 is 4.90 Å². The van der Waals surface area contributed by atoms with E-state index in [-0.39, 0.29) is 0 Å². The number of rotatable bonds is 10. The molecule has 10 aromatic carbocycles. The number of hydrogen-bond donors (Lipinski definition) is 0. The summed E-state index contributed by atoms with van der Waals surface area (Å²) in [4.78, 5) is 4.67. The van der Waals surface area contributed by atoms with Crippen LogP contribution in [0.3, 0.4) is 0 Å². The minimum Gasteiger partial charge on any atom is -0.0617 e. The molecule has 0 N–H and O–H groups in total. The summed E-state index contributed by atoms with van der Waals surface area (Å²) in [5, 5.41) is 2.77. The van der Waals surface area contributed by atoms with Gasteiger partial charge in [0.2, 0.25) is 0 Å². The molecule has 0 aliphatic carbocycles. The number of anilines is 6. The van der Waals surface area contributed by atoms with E-state index in [2.05, 4.69) is 265 Å². The van der Waals surface area contributed by atoms with Gasteiger partial charge in [-0.25, -0.2) is 0 Å². The Morgan fingerprint density at radius 1 is 0.206 bits per heavy atom. The molecule has 1 heterocycles. The van der Waals surface area contributed by atoms with Crippen LogP contribution in [0.4, 0.5) is 34.1 Å². The second-order valence-corrected chi connectivity index (χ2v) is 18.1. The molecular formula is C60H42N2Se. The normalized spacial score (nSPS) is 11.2. The maximum absolute atomic E-state index is 2.38. The van der Waals surface area contributed by atoms with Gasteiger partial charge in [-0.3, -0.25) is 0 Å². The molecule has 0 saturated heterocycles. The predicted octanol–water partition coefficient (Wildman–Crippen LogP) is 16.7. The molecule has 0 atom stereocenters. The van der Waals surface area contributed by atoms with Crippen LogP contribution in [0.5, 0.6) is 0 Å². The fraction of sp³-hybridized carbons (Fsp3) is 0. The summed E-state index contributed by atoms with van der Waals surface area (Å²) < 4.78 is 2.94. The van der Waals surface area contributed by atoms with Gasteiger partial charge in [0.25, 0.3) is 0 Å². The van der Waals surface area contributed by atoms with Crippen molar-refractivity contribution in [2.45, 2.75) is 0 Å². The summed E-state index contributed by atoms with van der Waals surface area (Å²) in [6.45, 7) is 0. The fourth-order valence-corrected chi connectivity index (χ4v) is 10.9. The van der Waals surface area contributed by atoms with Crippen molar-refractivity contribution >= 4 is 67.9 Å². The Morgan fingerprint density at radius 2 is 0.492 bits per heavy atom. The average Bonchev–Trinajstić information content (AvgIpc) is 3.74. The number of fused-ring (bicyclic) bond motifs is 3. The van der Waals surface area contributed by atoms with E-state index in [1.165, 1.54) is 58.2 Å². The molecule has 0 aliphatic rings. The zero-order valence-electron chi connectivity index (χ0n) is 34.6. The molecule has 3 heteroatoms. The van der Waals surface area contributed by atoms with Gasteiger partial charge in [-0.1, -0.05) is 103 Å². The predicted molar refractivity (Wildman–Crippen MR) is 270 cm³/mol. The van der Waals surface area contributed by atoms with Crippen molar-refractivity contribution in [2.24, 2.45) is 0 Å². The van der Waals surface area contributed by atoms with E-state index in [1.807, 2.05) is 0 Å².